The third-order valence-electron chi connectivity index (χ3n) is 4.25. The monoisotopic (exact) mass is 380 g/mol. The smallest absolute Gasteiger partial charge is 0.416 e. The molecule has 0 N–H and O–H groups in total. The molecule has 0 radical (unpaired) electrons. The summed E-state index contributed by atoms with van der Waals surface area (Å²) in [6, 6.07) is 8.03. The summed E-state index contributed by atoms with van der Waals surface area (Å²) in [5, 5.41) is 8.09. The molecule has 6 nitrogen and oxygen atoms in total. The molecule has 1 fully saturated rings. The SMILES string of the molecule is CCOc1ccc(N2CCN(C(=O)c3cccc(C(F)(F)F)c3)CC2)nn1. The normalized spacial score (nSPS) is 15.0. The maximum Gasteiger partial charge on any atom is 0.416 e. The van der Waals surface area contributed by atoms with Crippen LogP contribution >= 0.6 is 0 Å². The highest BCUT2D eigenvalue weighted by molar-refractivity contribution is 5.94. The van der Waals surface area contributed by atoms with Gasteiger partial charge in [0.25, 0.3) is 5.91 Å². The largest absolute Gasteiger partial charge is 0.477 e. The van der Waals surface area contributed by atoms with Gasteiger partial charge in [-0.3, -0.25) is 4.79 Å². The third kappa shape index (κ3) is 4.47. The number of aromatic nitrogens is 2. The summed E-state index contributed by atoms with van der Waals surface area (Å²) in [6.45, 7) is 4.19. The number of amides is 1. The Labute approximate surface area is 154 Å². The maximum absolute atomic E-state index is 12.8. The second kappa shape index (κ2) is 7.81. The molecule has 2 aromatic rings. The van der Waals surface area contributed by atoms with Gasteiger partial charge in [-0.05, 0) is 31.2 Å². The van der Waals surface area contributed by atoms with E-state index in [0.29, 0.717) is 44.5 Å². The molecule has 0 atom stereocenters. The van der Waals surface area contributed by atoms with Gasteiger partial charge >= 0.3 is 6.18 Å². The van der Waals surface area contributed by atoms with Crippen molar-refractivity contribution < 1.29 is 22.7 Å². The van der Waals surface area contributed by atoms with E-state index in [4.69, 9.17) is 4.74 Å². The Balaban J connectivity index is 1.62. The van der Waals surface area contributed by atoms with Gasteiger partial charge in [-0.25, -0.2) is 0 Å². The van der Waals surface area contributed by atoms with Crippen LogP contribution in [0.2, 0.25) is 0 Å². The summed E-state index contributed by atoms with van der Waals surface area (Å²) in [4.78, 5) is 16.1. The Kier molecular flexibility index (Phi) is 5.48. The van der Waals surface area contributed by atoms with Crippen molar-refractivity contribution in [3.8, 4) is 5.88 Å². The van der Waals surface area contributed by atoms with Crippen molar-refractivity contribution in [2.45, 2.75) is 13.1 Å². The number of carbonyl (C=O) groups excluding carboxylic acids is 1. The van der Waals surface area contributed by atoms with E-state index in [-0.39, 0.29) is 5.56 Å². The molecule has 2 heterocycles. The molecular weight excluding hydrogens is 361 g/mol. The molecule has 1 saturated heterocycles. The van der Waals surface area contributed by atoms with Crippen molar-refractivity contribution in [2.75, 3.05) is 37.7 Å². The summed E-state index contributed by atoms with van der Waals surface area (Å²) < 4.78 is 43.8. The van der Waals surface area contributed by atoms with Crippen LogP contribution < -0.4 is 9.64 Å². The van der Waals surface area contributed by atoms with Gasteiger partial charge < -0.3 is 14.5 Å². The van der Waals surface area contributed by atoms with Crippen molar-refractivity contribution in [2.24, 2.45) is 0 Å². The Bertz CT molecular complexity index is 788. The van der Waals surface area contributed by atoms with Gasteiger partial charge in [0.1, 0.15) is 0 Å². The molecule has 3 rings (SSSR count). The first-order valence-electron chi connectivity index (χ1n) is 8.56. The number of piperazine rings is 1. The first kappa shape index (κ1) is 18.9. The highest BCUT2D eigenvalue weighted by Crippen LogP contribution is 2.30. The van der Waals surface area contributed by atoms with Crippen LogP contribution in [0.15, 0.2) is 36.4 Å². The summed E-state index contributed by atoms with van der Waals surface area (Å²) >= 11 is 0. The van der Waals surface area contributed by atoms with Crippen LogP contribution in [-0.4, -0.2) is 53.8 Å². The lowest BCUT2D eigenvalue weighted by Gasteiger charge is -2.35. The van der Waals surface area contributed by atoms with Crippen molar-refractivity contribution in [3.63, 3.8) is 0 Å². The van der Waals surface area contributed by atoms with Crippen LogP contribution in [0.5, 0.6) is 5.88 Å². The average molecular weight is 380 g/mol. The number of carbonyl (C=O) groups is 1. The van der Waals surface area contributed by atoms with Crippen LogP contribution in [0.4, 0.5) is 19.0 Å². The van der Waals surface area contributed by atoms with E-state index >= 15 is 0 Å². The van der Waals surface area contributed by atoms with Crippen LogP contribution in [0.25, 0.3) is 0 Å². The fourth-order valence-corrected chi connectivity index (χ4v) is 2.86. The molecule has 0 saturated carbocycles. The lowest BCUT2D eigenvalue weighted by Crippen LogP contribution is -2.49. The van der Waals surface area contributed by atoms with Crippen LogP contribution in [0.3, 0.4) is 0 Å². The Hall–Kier alpha value is -2.84. The van der Waals surface area contributed by atoms with Gasteiger partial charge in [-0.2, -0.15) is 13.2 Å². The standard InChI is InChI=1S/C18H19F3N4O2/c1-2-27-16-7-6-15(22-23-16)24-8-10-25(11-9-24)17(26)13-4-3-5-14(12-13)18(19,20)21/h3-7,12H,2,8-11H2,1H3. The zero-order valence-corrected chi connectivity index (χ0v) is 14.7. The number of anilines is 1. The number of benzene rings is 1. The number of hydrogen-bond acceptors (Lipinski definition) is 5. The molecule has 9 heteroatoms. The Morgan fingerprint density at radius 3 is 2.44 bits per heavy atom. The fourth-order valence-electron chi connectivity index (χ4n) is 2.86. The van der Waals surface area contributed by atoms with E-state index in [1.807, 2.05) is 11.8 Å². The molecule has 1 aliphatic heterocycles. The summed E-state index contributed by atoms with van der Waals surface area (Å²) in [5.74, 6) is 0.711. The van der Waals surface area contributed by atoms with E-state index < -0.39 is 17.6 Å². The number of hydrogen-bond donors (Lipinski definition) is 0. The van der Waals surface area contributed by atoms with E-state index in [2.05, 4.69) is 10.2 Å². The molecule has 0 bridgehead atoms. The Morgan fingerprint density at radius 1 is 1.11 bits per heavy atom. The molecule has 1 aromatic carbocycles. The number of alkyl halides is 3. The first-order chi connectivity index (χ1) is 12.9. The minimum Gasteiger partial charge on any atom is -0.477 e. The van der Waals surface area contributed by atoms with Crippen molar-refractivity contribution >= 4 is 11.7 Å². The second-order valence-electron chi connectivity index (χ2n) is 6.02. The number of nitrogens with zero attached hydrogens (tertiary/aromatic N) is 4. The highest BCUT2D eigenvalue weighted by atomic mass is 19.4. The van der Waals surface area contributed by atoms with Crippen LogP contribution in [-0.2, 0) is 6.18 Å². The molecule has 0 aliphatic carbocycles. The molecule has 1 aliphatic rings. The van der Waals surface area contributed by atoms with Gasteiger partial charge in [0.2, 0.25) is 5.88 Å². The van der Waals surface area contributed by atoms with Crippen molar-refractivity contribution in [1.82, 2.24) is 15.1 Å². The van der Waals surface area contributed by atoms with Gasteiger partial charge in [0.15, 0.2) is 5.82 Å². The van der Waals surface area contributed by atoms with E-state index in [0.717, 1.165) is 12.1 Å². The van der Waals surface area contributed by atoms with Gasteiger partial charge in [0.05, 0.1) is 12.2 Å². The lowest BCUT2D eigenvalue weighted by atomic mass is 10.1. The van der Waals surface area contributed by atoms with Gasteiger partial charge in [0, 0.05) is 37.8 Å². The topological polar surface area (TPSA) is 58.6 Å². The minimum absolute atomic E-state index is 0.0409. The maximum atomic E-state index is 12.8. The van der Waals surface area contributed by atoms with E-state index in [1.54, 1.807) is 17.0 Å². The highest BCUT2D eigenvalue weighted by Gasteiger charge is 2.31. The number of ether oxygens (including phenoxy) is 1. The summed E-state index contributed by atoms with van der Waals surface area (Å²) in [6.07, 6.45) is -4.47. The molecule has 1 aromatic heterocycles. The first-order valence-corrected chi connectivity index (χ1v) is 8.56. The molecular formula is C18H19F3N4O2. The zero-order valence-electron chi connectivity index (χ0n) is 14.7. The van der Waals surface area contributed by atoms with Gasteiger partial charge in [-0.1, -0.05) is 6.07 Å². The lowest BCUT2D eigenvalue weighted by molar-refractivity contribution is -0.137. The number of halogens is 3. The van der Waals surface area contributed by atoms with Crippen molar-refractivity contribution in [3.05, 3.63) is 47.5 Å². The molecule has 27 heavy (non-hydrogen) atoms. The molecule has 144 valence electrons. The molecule has 1 amide bonds. The molecule has 0 unspecified atom stereocenters. The second-order valence-corrected chi connectivity index (χ2v) is 6.02. The van der Waals surface area contributed by atoms with Crippen molar-refractivity contribution in [1.29, 1.82) is 0 Å². The van der Waals surface area contributed by atoms with E-state index in [9.17, 15) is 18.0 Å². The number of rotatable bonds is 4. The van der Waals surface area contributed by atoms with Crippen LogP contribution in [0, 0.1) is 0 Å². The third-order valence-corrected chi connectivity index (χ3v) is 4.25. The quantitative estimate of drug-likeness (QED) is 0.816. The fraction of sp³-hybridized carbons (Fsp3) is 0.389. The predicted octanol–water partition coefficient (Wildman–Crippen LogP) is 2.86. The van der Waals surface area contributed by atoms with E-state index in [1.165, 1.54) is 12.1 Å². The van der Waals surface area contributed by atoms with Crippen LogP contribution in [0.1, 0.15) is 22.8 Å². The predicted molar refractivity (Wildman–Crippen MR) is 92.8 cm³/mol. The molecule has 0 spiro atoms. The average Bonchev–Trinajstić information content (AvgIpc) is 2.68. The zero-order chi connectivity index (χ0) is 19.4. The Morgan fingerprint density at radius 2 is 1.85 bits per heavy atom. The minimum atomic E-state index is -4.47. The summed E-state index contributed by atoms with van der Waals surface area (Å²) in [7, 11) is 0. The van der Waals surface area contributed by atoms with Gasteiger partial charge in [-0.15, -0.1) is 10.2 Å². The summed E-state index contributed by atoms with van der Waals surface area (Å²) in [5.41, 5.74) is -0.782.